The second-order valence-electron chi connectivity index (χ2n) is 4.13. The van der Waals surface area contributed by atoms with Crippen molar-refractivity contribution in [3.8, 4) is 0 Å². The average Bonchev–Trinajstić information content (AvgIpc) is 2.29. The molecule has 1 aliphatic heterocycles. The number of anilines is 1. The quantitative estimate of drug-likeness (QED) is 0.913. The Balaban J connectivity index is 2.08. The van der Waals surface area contributed by atoms with Crippen LogP contribution in [0.15, 0.2) is 16.7 Å². The summed E-state index contributed by atoms with van der Waals surface area (Å²) >= 11 is 9.53. The first-order chi connectivity index (χ1) is 7.70. The molecule has 1 aromatic rings. The molecule has 1 fully saturated rings. The summed E-state index contributed by atoms with van der Waals surface area (Å²) in [5.74, 6) is 1.55. The highest BCUT2D eigenvalue weighted by atomic mass is 79.9. The minimum absolute atomic E-state index is 0.658. The van der Waals surface area contributed by atoms with Gasteiger partial charge in [-0.25, -0.2) is 4.98 Å². The van der Waals surface area contributed by atoms with Gasteiger partial charge < -0.3 is 10.6 Å². The van der Waals surface area contributed by atoms with Crippen LogP contribution in [0.5, 0.6) is 0 Å². The molecule has 0 aliphatic carbocycles. The van der Waals surface area contributed by atoms with Crippen molar-refractivity contribution < 1.29 is 0 Å². The summed E-state index contributed by atoms with van der Waals surface area (Å²) in [4.78, 5) is 6.61. The van der Waals surface area contributed by atoms with Gasteiger partial charge in [0.1, 0.15) is 5.82 Å². The fraction of sp³-hybridized carbons (Fsp3) is 0.545. The molecule has 5 heteroatoms. The third kappa shape index (κ3) is 2.67. The van der Waals surface area contributed by atoms with Crippen molar-refractivity contribution in [3.05, 3.63) is 21.8 Å². The van der Waals surface area contributed by atoms with Crippen LogP contribution in [0.25, 0.3) is 0 Å². The summed E-state index contributed by atoms with van der Waals surface area (Å²) < 4.78 is 0.915. The zero-order chi connectivity index (χ0) is 11.5. The molecule has 0 atom stereocenters. The van der Waals surface area contributed by atoms with Gasteiger partial charge in [0, 0.05) is 23.8 Å². The number of pyridine rings is 1. The SMILES string of the molecule is NCC1CCN(c2ncc(Br)cc2Cl)CC1. The van der Waals surface area contributed by atoms with Gasteiger partial charge in [0.25, 0.3) is 0 Å². The lowest BCUT2D eigenvalue weighted by Crippen LogP contribution is -2.36. The van der Waals surface area contributed by atoms with Crippen LogP contribution in [0.1, 0.15) is 12.8 Å². The van der Waals surface area contributed by atoms with Crippen molar-refractivity contribution in [1.29, 1.82) is 0 Å². The van der Waals surface area contributed by atoms with E-state index in [1.165, 1.54) is 0 Å². The Kier molecular flexibility index (Phi) is 4.05. The van der Waals surface area contributed by atoms with Crippen LogP contribution >= 0.6 is 27.5 Å². The minimum atomic E-state index is 0.658. The van der Waals surface area contributed by atoms with E-state index in [9.17, 15) is 0 Å². The van der Waals surface area contributed by atoms with Crippen molar-refractivity contribution in [3.63, 3.8) is 0 Å². The minimum Gasteiger partial charge on any atom is -0.355 e. The number of nitrogens with two attached hydrogens (primary N) is 1. The molecule has 2 rings (SSSR count). The molecular formula is C11H15BrClN3. The molecule has 0 saturated carbocycles. The highest BCUT2D eigenvalue weighted by molar-refractivity contribution is 9.10. The number of piperidine rings is 1. The summed E-state index contributed by atoms with van der Waals surface area (Å²) in [5.41, 5.74) is 5.67. The molecule has 16 heavy (non-hydrogen) atoms. The van der Waals surface area contributed by atoms with Gasteiger partial charge in [0.2, 0.25) is 0 Å². The smallest absolute Gasteiger partial charge is 0.147 e. The largest absolute Gasteiger partial charge is 0.355 e. The fourth-order valence-electron chi connectivity index (χ4n) is 2.02. The van der Waals surface area contributed by atoms with Gasteiger partial charge in [-0.05, 0) is 47.3 Å². The van der Waals surface area contributed by atoms with E-state index in [0.717, 1.165) is 42.8 Å². The van der Waals surface area contributed by atoms with Gasteiger partial charge in [-0.15, -0.1) is 0 Å². The Bertz CT molecular complexity index is 364. The Morgan fingerprint density at radius 2 is 2.19 bits per heavy atom. The van der Waals surface area contributed by atoms with Crippen molar-refractivity contribution in [1.82, 2.24) is 4.98 Å². The van der Waals surface area contributed by atoms with E-state index in [4.69, 9.17) is 17.3 Å². The number of rotatable bonds is 2. The van der Waals surface area contributed by atoms with E-state index in [1.807, 2.05) is 6.07 Å². The Morgan fingerprint density at radius 3 is 2.75 bits per heavy atom. The van der Waals surface area contributed by atoms with Gasteiger partial charge >= 0.3 is 0 Å². The standard InChI is InChI=1S/C11H15BrClN3/c12-9-5-10(13)11(15-7-9)16-3-1-8(6-14)2-4-16/h5,7-8H,1-4,6,14H2. The Labute approximate surface area is 109 Å². The van der Waals surface area contributed by atoms with Gasteiger partial charge in [-0.3, -0.25) is 0 Å². The zero-order valence-electron chi connectivity index (χ0n) is 9.00. The van der Waals surface area contributed by atoms with E-state index >= 15 is 0 Å². The van der Waals surface area contributed by atoms with Gasteiger partial charge in [-0.1, -0.05) is 11.6 Å². The summed E-state index contributed by atoms with van der Waals surface area (Å²) in [6, 6.07) is 1.89. The molecule has 0 amide bonds. The van der Waals surface area contributed by atoms with Gasteiger partial charge in [0.15, 0.2) is 0 Å². The van der Waals surface area contributed by atoms with Crippen molar-refractivity contribution >= 4 is 33.3 Å². The first kappa shape index (κ1) is 12.1. The van der Waals surface area contributed by atoms with Crippen LogP contribution < -0.4 is 10.6 Å². The number of nitrogens with zero attached hydrogens (tertiary/aromatic N) is 2. The van der Waals surface area contributed by atoms with E-state index < -0.39 is 0 Å². The summed E-state index contributed by atoms with van der Waals surface area (Å²) in [7, 11) is 0. The van der Waals surface area contributed by atoms with Gasteiger partial charge in [-0.2, -0.15) is 0 Å². The summed E-state index contributed by atoms with van der Waals surface area (Å²) in [5, 5.41) is 0.709. The van der Waals surface area contributed by atoms with E-state index in [2.05, 4.69) is 25.8 Å². The number of halogens is 2. The van der Waals surface area contributed by atoms with Gasteiger partial charge in [0.05, 0.1) is 5.02 Å². The molecule has 0 radical (unpaired) electrons. The van der Waals surface area contributed by atoms with E-state index in [-0.39, 0.29) is 0 Å². The van der Waals surface area contributed by atoms with Crippen LogP contribution in [0.2, 0.25) is 5.02 Å². The second kappa shape index (κ2) is 5.34. The number of hydrogen-bond acceptors (Lipinski definition) is 3. The molecule has 0 unspecified atom stereocenters. The fourth-order valence-corrected chi connectivity index (χ4v) is 2.77. The Morgan fingerprint density at radius 1 is 1.50 bits per heavy atom. The highest BCUT2D eigenvalue weighted by Crippen LogP contribution is 2.29. The molecule has 0 spiro atoms. The molecule has 0 aromatic carbocycles. The zero-order valence-corrected chi connectivity index (χ0v) is 11.3. The molecule has 88 valence electrons. The van der Waals surface area contributed by atoms with Crippen molar-refractivity contribution in [2.75, 3.05) is 24.5 Å². The average molecular weight is 305 g/mol. The first-order valence-electron chi connectivity index (χ1n) is 5.46. The first-order valence-corrected chi connectivity index (χ1v) is 6.64. The maximum atomic E-state index is 6.17. The molecule has 3 nitrogen and oxygen atoms in total. The maximum absolute atomic E-state index is 6.17. The van der Waals surface area contributed by atoms with Crippen molar-refractivity contribution in [2.24, 2.45) is 11.7 Å². The van der Waals surface area contributed by atoms with Crippen LogP contribution in [0.4, 0.5) is 5.82 Å². The van der Waals surface area contributed by atoms with E-state index in [1.54, 1.807) is 6.20 Å². The normalized spacial score (nSPS) is 17.8. The van der Waals surface area contributed by atoms with Crippen molar-refractivity contribution in [2.45, 2.75) is 12.8 Å². The molecule has 1 aliphatic rings. The number of hydrogen-bond donors (Lipinski definition) is 1. The lowest BCUT2D eigenvalue weighted by molar-refractivity contribution is 0.413. The number of aromatic nitrogens is 1. The lowest BCUT2D eigenvalue weighted by Gasteiger charge is -2.32. The van der Waals surface area contributed by atoms with E-state index in [0.29, 0.717) is 10.9 Å². The monoisotopic (exact) mass is 303 g/mol. The Hall–Kier alpha value is -0.320. The predicted octanol–water partition coefficient (Wildman–Crippen LogP) is 2.67. The van der Waals surface area contributed by atoms with Crippen LogP contribution in [0.3, 0.4) is 0 Å². The molecule has 1 saturated heterocycles. The summed E-state index contributed by atoms with van der Waals surface area (Å²) in [6.07, 6.45) is 4.05. The predicted molar refractivity (Wildman–Crippen MR) is 70.9 cm³/mol. The topological polar surface area (TPSA) is 42.1 Å². The molecular weight excluding hydrogens is 289 g/mol. The summed E-state index contributed by atoms with van der Waals surface area (Å²) in [6.45, 7) is 2.78. The van der Waals surface area contributed by atoms with Crippen LogP contribution in [-0.2, 0) is 0 Å². The second-order valence-corrected chi connectivity index (χ2v) is 5.45. The third-order valence-electron chi connectivity index (χ3n) is 3.04. The maximum Gasteiger partial charge on any atom is 0.147 e. The third-order valence-corrected chi connectivity index (χ3v) is 3.75. The molecule has 1 aromatic heterocycles. The molecule has 2 N–H and O–H groups in total. The van der Waals surface area contributed by atoms with Crippen LogP contribution in [-0.4, -0.2) is 24.6 Å². The molecule has 2 heterocycles. The van der Waals surface area contributed by atoms with Crippen LogP contribution in [0, 0.1) is 5.92 Å². The molecule has 0 bridgehead atoms. The lowest BCUT2D eigenvalue weighted by atomic mass is 9.97. The highest BCUT2D eigenvalue weighted by Gasteiger charge is 2.20.